The van der Waals surface area contributed by atoms with Crippen LogP contribution in [0.3, 0.4) is 0 Å². The molecule has 0 N–H and O–H groups in total. The summed E-state index contributed by atoms with van der Waals surface area (Å²) in [6, 6.07) is 33.1. The minimum Gasteiger partial charge on any atom is -0.198 e. The van der Waals surface area contributed by atoms with Crippen molar-refractivity contribution >= 4 is 11.1 Å². The topological polar surface area (TPSA) is 23.8 Å². The molecule has 3 rings (SSSR count). The van der Waals surface area contributed by atoms with Crippen molar-refractivity contribution in [2.24, 2.45) is 0 Å². The Labute approximate surface area is 137 Å². The van der Waals surface area contributed by atoms with Gasteiger partial charge in [0.05, 0.1) is 12.5 Å². The average Bonchev–Trinajstić information content (AvgIpc) is 2.64. The van der Waals surface area contributed by atoms with E-state index in [0.29, 0.717) is 6.42 Å². The molecular weight excluding hydrogens is 278 g/mol. The maximum atomic E-state index is 9.36. The van der Waals surface area contributed by atoms with Gasteiger partial charge < -0.3 is 0 Å². The van der Waals surface area contributed by atoms with Gasteiger partial charge in [0.2, 0.25) is 0 Å². The predicted molar refractivity (Wildman–Crippen MR) is 95.5 cm³/mol. The molecule has 0 saturated carbocycles. The number of nitriles is 1. The van der Waals surface area contributed by atoms with Crippen molar-refractivity contribution in [3.05, 3.63) is 108 Å². The second kappa shape index (κ2) is 7.24. The lowest BCUT2D eigenvalue weighted by Gasteiger charge is -2.15. The Hall–Kier alpha value is -3.11. The summed E-state index contributed by atoms with van der Waals surface area (Å²) in [4.78, 5) is 0. The van der Waals surface area contributed by atoms with E-state index in [2.05, 4.69) is 42.5 Å². The van der Waals surface area contributed by atoms with Crippen LogP contribution in [0, 0.1) is 11.3 Å². The van der Waals surface area contributed by atoms with E-state index >= 15 is 0 Å². The molecular formula is C22H17N. The first-order valence-corrected chi connectivity index (χ1v) is 7.66. The Morgan fingerprint density at radius 3 is 1.39 bits per heavy atom. The number of hydrogen-bond donors (Lipinski definition) is 0. The molecule has 0 aromatic heterocycles. The van der Waals surface area contributed by atoms with E-state index in [1.807, 2.05) is 54.6 Å². The predicted octanol–water partition coefficient (Wildman–Crippen LogP) is 5.56. The van der Waals surface area contributed by atoms with Gasteiger partial charge in [-0.05, 0) is 27.8 Å². The molecule has 0 amide bonds. The van der Waals surface area contributed by atoms with Crippen LogP contribution < -0.4 is 0 Å². The molecule has 0 aliphatic heterocycles. The van der Waals surface area contributed by atoms with Crippen LogP contribution in [0.2, 0.25) is 0 Å². The Balaban J connectivity index is 2.29. The number of hydrogen-bond acceptors (Lipinski definition) is 1. The Morgan fingerprint density at radius 1 is 0.609 bits per heavy atom. The second-order valence-electron chi connectivity index (χ2n) is 5.29. The fourth-order valence-electron chi connectivity index (χ4n) is 2.78. The Bertz CT molecular complexity index is 784. The first-order valence-electron chi connectivity index (χ1n) is 7.66. The SMILES string of the molecule is N#CCC(=C(c1ccccc1)c1ccccc1)c1ccccc1. The van der Waals surface area contributed by atoms with Gasteiger partial charge in [0.15, 0.2) is 0 Å². The molecule has 0 saturated heterocycles. The van der Waals surface area contributed by atoms with Crippen LogP contribution in [0.4, 0.5) is 0 Å². The molecule has 0 bridgehead atoms. The quantitative estimate of drug-likeness (QED) is 0.578. The van der Waals surface area contributed by atoms with Crippen LogP contribution >= 0.6 is 0 Å². The van der Waals surface area contributed by atoms with Crippen LogP contribution in [-0.2, 0) is 0 Å². The molecule has 23 heavy (non-hydrogen) atoms. The summed E-state index contributed by atoms with van der Waals surface area (Å²) in [5.41, 5.74) is 5.54. The summed E-state index contributed by atoms with van der Waals surface area (Å²) in [6.45, 7) is 0. The van der Waals surface area contributed by atoms with E-state index in [4.69, 9.17) is 0 Å². The van der Waals surface area contributed by atoms with E-state index < -0.39 is 0 Å². The van der Waals surface area contributed by atoms with Gasteiger partial charge in [-0.15, -0.1) is 0 Å². The summed E-state index contributed by atoms with van der Waals surface area (Å²) in [5.74, 6) is 0. The van der Waals surface area contributed by atoms with Gasteiger partial charge >= 0.3 is 0 Å². The van der Waals surface area contributed by atoms with Gasteiger partial charge in [-0.2, -0.15) is 5.26 Å². The molecule has 0 unspecified atom stereocenters. The number of nitrogens with zero attached hydrogens (tertiary/aromatic N) is 1. The van der Waals surface area contributed by atoms with E-state index in [0.717, 1.165) is 27.8 Å². The van der Waals surface area contributed by atoms with Crippen molar-refractivity contribution < 1.29 is 0 Å². The van der Waals surface area contributed by atoms with Gasteiger partial charge in [0, 0.05) is 0 Å². The van der Waals surface area contributed by atoms with E-state index in [-0.39, 0.29) is 0 Å². The molecule has 0 aliphatic carbocycles. The molecule has 110 valence electrons. The highest BCUT2D eigenvalue weighted by atomic mass is 14.2. The van der Waals surface area contributed by atoms with E-state index in [9.17, 15) is 5.26 Å². The fraction of sp³-hybridized carbons (Fsp3) is 0.0455. The first kappa shape index (κ1) is 14.8. The highest BCUT2D eigenvalue weighted by Crippen LogP contribution is 2.33. The maximum Gasteiger partial charge on any atom is 0.0670 e. The standard InChI is InChI=1S/C22H17N/c23-17-16-21(18-10-4-1-5-11-18)22(19-12-6-2-7-13-19)20-14-8-3-9-15-20/h1-15H,16H2. The van der Waals surface area contributed by atoms with Gasteiger partial charge in [0.1, 0.15) is 0 Å². The second-order valence-corrected chi connectivity index (χ2v) is 5.29. The molecule has 0 aliphatic rings. The lowest BCUT2D eigenvalue weighted by molar-refractivity contribution is 1.35. The van der Waals surface area contributed by atoms with Crippen LogP contribution in [0.15, 0.2) is 91.0 Å². The third kappa shape index (κ3) is 3.39. The number of benzene rings is 3. The van der Waals surface area contributed by atoms with Crippen molar-refractivity contribution in [2.45, 2.75) is 6.42 Å². The molecule has 3 aromatic rings. The van der Waals surface area contributed by atoms with Crippen LogP contribution in [0.25, 0.3) is 11.1 Å². The number of rotatable bonds is 4. The van der Waals surface area contributed by atoms with E-state index in [1.54, 1.807) is 0 Å². The minimum atomic E-state index is 0.378. The highest BCUT2D eigenvalue weighted by Gasteiger charge is 2.13. The van der Waals surface area contributed by atoms with Crippen molar-refractivity contribution in [1.82, 2.24) is 0 Å². The summed E-state index contributed by atoms with van der Waals surface area (Å²) in [7, 11) is 0. The molecule has 1 nitrogen and oxygen atoms in total. The summed E-state index contributed by atoms with van der Waals surface area (Å²) >= 11 is 0. The van der Waals surface area contributed by atoms with Crippen LogP contribution in [-0.4, -0.2) is 0 Å². The summed E-state index contributed by atoms with van der Waals surface area (Å²) < 4.78 is 0. The molecule has 0 atom stereocenters. The Kier molecular flexibility index (Phi) is 4.66. The van der Waals surface area contributed by atoms with Crippen molar-refractivity contribution in [1.29, 1.82) is 5.26 Å². The maximum absolute atomic E-state index is 9.36. The third-order valence-corrected chi connectivity index (χ3v) is 3.80. The molecule has 0 spiro atoms. The zero-order valence-electron chi connectivity index (χ0n) is 12.8. The zero-order valence-corrected chi connectivity index (χ0v) is 12.8. The lowest BCUT2D eigenvalue weighted by atomic mass is 9.88. The first-order chi connectivity index (χ1) is 11.4. The van der Waals surface area contributed by atoms with Gasteiger partial charge in [-0.25, -0.2) is 0 Å². The third-order valence-electron chi connectivity index (χ3n) is 3.80. The van der Waals surface area contributed by atoms with Crippen LogP contribution in [0.5, 0.6) is 0 Å². The van der Waals surface area contributed by atoms with Crippen molar-refractivity contribution in [2.75, 3.05) is 0 Å². The monoisotopic (exact) mass is 295 g/mol. The molecule has 1 heteroatoms. The van der Waals surface area contributed by atoms with E-state index in [1.165, 1.54) is 0 Å². The van der Waals surface area contributed by atoms with Gasteiger partial charge in [-0.3, -0.25) is 0 Å². The molecule has 0 heterocycles. The van der Waals surface area contributed by atoms with Gasteiger partial charge in [0.25, 0.3) is 0 Å². The summed E-state index contributed by atoms with van der Waals surface area (Å²) in [5, 5.41) is 9.36. The minimum absolute atomic E-state index is 0.378. The number of allylic oxidation sites excluding steroid dienone is 1. The smallest absolute Gasteiger partial charge is 0.0670 e. The van der Waals surface area contributed by atoms with Gasteiger partial charge in [-0.1, -0.05) is 91.0 Å². The summed E-state index contributed by atoms with van der Waals surface area (Å²) in [6.07, 6.45) is 0.378. The highest BCUT2D eigenvalue weighted by molar-refractivity contribution is 5.99. The van der Waals surface area contributed by atoms with Crippen LogP contribution in [0.1, 0.15) is 23.1 Å². The average molecular weight is 295 g/mol. The van der Waals surface area contributed by atoms with Crippen molar-refractivity contribution in [3.63, 3.8) is 0 Å². The van der Waals surface area contributed by atoms with Crippen molar-refractivity contribution in [3.8, 4) is 6.07 Å². The largest absolute Gasteiger partial charge is 0.198 e. The Morgan fingerprint density at radius 2 is 1.00 bits per heavy atom. The normalized spacial score (nSPS) is 9.87. The molecule has 3 aromatic carbocycles. The molecule has 0 fully saturated rings. The lowest BCUT2D eigenvalue weighted by Crippen LogP contribution is -1.95. The zero-order chi connectivity index (χ0) is 15.9. The molecule has 0 radical (unpaired) electrons. The fourth-order valence-corrected chi connectivity index (χ4v) is 2.78.